The van der Waals surface area contributed by atoms with Gasteiger partial charge in [-0.3, -0.25) is 19.4 Å². The minimum atomic E-state index is -0.623. The summed E-state index contributed by atoms with van der Waals surface area (Å²) in [5.74, 6) is -0.695. The number of nitrogens with zero attached hydrogens (tertiary/aromatic N) is 3. The van der Waals surface area contributed by atoms with Gasteiger partial charge in [0.05, 0.1) is 25.6 Å². The largest absolute Gasteiger partial charge is 0.469 e. The number of H-pyrrole nitrogens is 2. The van der Waals surface area contributed by atoms with E-state index in [1.54, 1.807) is 19.0 Å². The number of aryl methyl sites for hydroxylation is 3. The SMILES string of the molecule is COC(=O)CCC1=C(C)c2cc3nc(cc4cc(C)c(cc5[nH]c(cc1n2)c(CCC(=O)OC)c5C)[nH]4)[C@@](C)(CC(=O)N(C)C)[C@H]3CCCCO. The van der Waals surface area contributed by atoms with E-state index in [0.717, 1.165) is 85.5 Å². The predicted molar refractivity (Wildman–Crippen MR) is 199 cm³/mol. The third kappa shape index (κ3) is 7.93. The summed E-state index contributed by atoms with van der Waals surface area (Å²) in [5, 5.41) is 9.68. The number of carbonyl (C=O) groups is 3. The number of aromatic nitrogens is 4. The lowest BCUT2D eigenvalue weighted by molar-refractivity contribution is -0.141. The van der Waals surface area contributed by atoms with Crippen LogP contribution in [0, 0.1) is 13.8 Å². The first kappa shape index (κ1) is 37.5. The molecular formula is C40H51N5O6. The van der Waals surface area contributed by atoms with Gasteiger partial charge in [-0.25, -0.2) is 4.98 Å². The fraction of sp³-hybridized carbons (Fsp3) is 0.475. The molecule has 3 N–H and O–H groups in total. The molecular weight excluding hydrogens is 646 g/mol. The summed E-state index contributed by atoms with van der Waals surface area (Å²) < 4.78 is 9.96. The van der Waals surface area contributed by atoms with Crippen molar-refractivity contribution in [3.63, 3.8) is 0 Å². The zero-order valence-corrected chi connectivity index (χ0v) is 31.2. The van der Waals surface area contributed by atoms with Crippen molar-refractivity contribution in [3.8, 4) is 0 Å². The standard InChI is InChI=1S/C40H51N5O6/c1-23-17-26-18-36-40(4,22-37(47)45(5)6)29(11-9-10-16-46)35(44-36)20-32-25(3)28(13-15-39(49)51-8)34(43-32)21-33-27(12-14-38(48)50-7)24(2)31(42-33)19-30(23)41-26/h17-21,29,41-42,46H,9-16,22H2,1-8H3/t29-,40-/m0/s1. The average molecular weight is 698 g/mol. The van der Waals surface area contributed by atoms with E-state index in [4.69, 9.17) is 19.4 Å². The molecule has 0 unspecified atom stereocenters. The van der Waals surface area contributed by atoms with Gasteiger partial charge in [-0.05, 0) is 105 Å². The molecule has 0 aromatic carbocycles. The van der Waals surface area contributed by atoms with Crippen LogP contribution in [-0.4, -0.2) is 82.7 Å². The first-order chi connectivity index (χ1) is 24.3. The number of rotatable bonds is 12. The molecule has 0 saturated heterocycles. The number of allylic oxidation sites excluding steroid dienone is 2. The number of carbonyl (C=O) groups excluding carboxylic acids is 3. The molecule has 1 amide bonds. The predicted octanol–water partition coefficient (Wildman–Crippen LogP) is 6.60. The van der Waals surface area contributed by atoms with Gasteiger partial charge in [0.15, 0.2) is 0 Å². The number of hydrogen-bond donors (Lipinski definition) is 3. The van der Waals surface area contributed by atoms with Gasteiger partial charge in [0.25, 0.3) is 0 Å². The fourth-order valence-corrected chi connectivity index (χ4v) is 7.32. The third-order valence-electron chi connectivity index (χ3n) is 10.6. The minimum absolute atomic E-state index is 0.0139. The molecule has 11 heteroatoms. The summed E-state index contributed by atoms with van der Waals surface area (Å²) in [6.07, 6.45) is 3.74. The molecule has 0 radical (unpaired) electrons. The van der Waals surface area contributed by atoms with Crippen LogP contribution >= 0.6 is 0 Å². The molecule has 5 rings (SSSR count). The van der Waals surface area contributed by atoms with Crippen LogP contribution in [0.15, 0.2) is 30.3 Å². The molecule has 0 aliphatic carbocycles. The number of aliphatic hydroxyl groups is 1. The van der Waals surface area contributed by atoms with Gasteiger partial charge >= 0.3 is 11.9 Å². The average Bonchev–Trinajstić information content (AvgIpc) is 3.76. The normalized spacial score (nSPS) is 17.1. The van der Waals surface area contributed by atoms with Crippen molar-refractivity contribution in [2.24, 2.45) is 0 Å². The number of nitrogens with one attached hydrogen (secondary N) is 2. The van der Waals surface area contributed by atoms with Crippen molar-refractivity contribution in [1.29, 1.82) is 0 Å². The number of methoxy groups -OCH3 is 2. The van der Waals surface area contributed by atoms with Crippen LogP contribution < -0.4 is 0 Å². The molecule has 2 aliphatic heterocycles. The van der Waals surface area contributed by atoms with Crippen LogP contribution in [0.1, 0.15) is 104 Å². The lowest BCUT2D eigenvalue weighted by Crippen LogP contribution is -2.34. The Bertz CT molecular complexity index is 2020. The summed E-state index contributed by atoms with van der Waals surface area (Å²) >= 11 is 0. The minimum Gasteiger partial charge on any atom is -0.469 e. The second kappa shape index (κ2) is 15.6. The van der Waals surface area contributed by atoms with Gasteiger partial charge in [-0.1, -0.05) is 13.3 Å². The Labute approximate surface area is 299 Å². The number of amides is 1. The van der Waals surface area contributed by atoms with E-state index in [2.05, 4.69) is 42.0 Å². The molecule has 3 aromatic heterocycles. The van der Waals surface area contributed by atoms with Crippen LogP contribution in [0.4, 0.5) is 0 Å². The quantitative estimate of drug-likeness (QED) is 0.142. The van der Waals surface area contributed by atoms with Crippen LogP contribution in [0.5, 0.6) is 0 Å². The summed E-state index contributed by atoms with van der Waals surface area (Å²) in [6, 6.07) is 10.3. The van der Waals surface area contributed by atoms with Crippen molar-refractivity contribution in [2.45, 2.75) is 90.4 Å². The van der Waals surface area contributed by atoms with Gasteiger partial charge < -0.3 is 29.4 Å². The highest BCUT2D eigenvalue weighted by atomic mass is 16.5. The summed E-state index contributed by atoms with van der Waals surface area (Å²) in [7, 11) is 6.33. The van der Waals surface area contributed by atoms with E-state index >= 15 is 0 Å². The van der Waals surface area contributed by atoms with E-state index in [-0.39, 0.29) is 49.6 Å². The number of fused-ring (bicyclic) bond motifs is 8. The first-order valence-corrected chi connectivity index (χ1v) is 17.7. The maximum Gasteiger partial charge on any atom is 0.305 e. The molecule has 5 heterocycles. The van der Waals surface area contributed by atoms with Crippen LogP contribution in [0.25, 0.3) is 33.2 Å². The number of aromatic amines is 2. The number of hydrogen-bond acceptors (Lipinski definition) is 8. The Morgan fingerprint density at radius 3 is 2.24 bits per heavy atom. The Balaban J connectivity index is 1.86. The summed E-state index contributed by atoms with van der Waals surface area (Å²) in [4.78, 5) is 57.2. The fourth-order valence-electron chi connectivity index (χ4n) is 7.32. The highest BCUT2D eigenvalue weighted by molar-refractivity contribution is 5.93. The molecule has 8 bridgehead atoms. The maximum atomic E-state index is 13.4. The van der Waals surface area contributed by atoms with Crippen LogP contribution in [0.2, 0.25) is 0 Å². The van der Waals surface area contributed by atoms with Gasteiger partial charge in [0.1, 0.15) is 0 Å². The Hall–Kier alpha value is -4.77. The monoisotopic (exact) mass is 697 g/mol. The summed E-state index contributed by atoms with van der Waals surface area (Å²) in [5.41, 5.74) is 10.9. The smallest absolute Gasteiger partial charge is 0.305 e. The van der Waals surface area contributed by atoms with Crippen molar-refractivity contribution >= 4 is 51.1 Å². The van der Waals surface area contributed by atoms with Crippen molar-refractivity contribution in [2.75, 3.05) is 34.9 Å². The Kier molecular flexibility index (Phi) is 11.5. The lowest BCUT2D eigenvalue weighted by atomic mass is 9.70. The molecule has 2 aliphatic rings. The molecule has 0 fully saturated rings. The molecule has 3 aromatic rings. The Morgan fingerprint density at radius 1 is 0.863 bits per heavy atom. The zero-order chi connectivity index (χ0) is 37.0. The number of aliphatic hydroxyl groups excluding tert-OH is 1. The molecule has 0 saturated carbocycles. The van der Waals surface area contributed by atoms with E-state index < -0.39 is 5.41 Å². The van der Waals surface area contributed by atoms with Gasteiger partial charge in [-0.15, -0.1) is 0 Å². The second-order valence-electron chi connectivity index (χ2n) is 14.2. The summed E-state index contributed by atoms with van der Waals surface area (Å²) in [6.45, 7) is 8.32. The second-order valence-corrected chi connectivity index (χ2v) is 14.2. The topological polar surface area (TPSA) is 150 Å². The molecule has 2 atom stereocenters. The Morgan fingerprint density at radius 2 is 1.57 bits per heavy atom. The van der Waals surface area contributed by atoms with Crippen LogP contribution in [0.3, 0.4) is 0 Å². The number of esters is 2. The number of ether oxygens (including phenoxy) is 2. The van der Waals surface area contributed by atoms with Crippen molar-refractivity contribution in [1.82, 2.24) is 24.8 Å². The van der Waals surface area contributed by atoms with E-state index in [1.807, 2.05) is 26.0 Å². The first-order valence-electron chi connectivity index (χ1n) is 17.7. The van der Waals surface area contributed by atoms with Gasteiger partial charge in [-0.2, -0.15) is 0 Å². The van der Waals surface area contributed by atoms with Crippen LogP contribution in [-0.2, 0) is 35.7 Å². The highest BCUT2D eigenvalue weighted by Gasteiger charge is 2.44. The van der Waals surface area contributed by atoms with Crippen molar-refractivity contribution in [3.05, 3.63) is 69.8 Å². The lowest BCUT2D eigenvalue weighted by Gasteiger charge is -2.32. The van der Waals surface area contributed by atoms with Gasteiger partial charge in [0.2, 0.25) is 5.91 Å². The highest BCUT2D eigenvalue weighted by Crippen LogP contribution is 2.48. The van der Waals surface area contributed by atoms with E-state index in [0.29, 0.717) is 19.3 Å². The molecule has 0 spiro atoms. The number of unbranched alkanes of at least 4 members (excludes halogenated alkanes) is 1. The van der Waals surface area contributed by atoms with Crippen molar-refractivity contribution < 1.29 is 29.0 Å². The third-order valence-corrected chi connectivity index (χ3v) is 10.6. The molecule has 51 heavy (non-hydrogen) atoms. The molecule has 272 valence electrons. The van der Waals surface area contributed by atoms with E-state index in [9.17, 15) is 19.5 Å². The van der Waals surface area contributed by atoms with E-state index in [1.165, 1.54) is 14.2 Å². The van der Waals surface area contributed by atoms with Gasteiger partial charge in [0, 0.05) is 84.8 Å². The maximum absolute atomic E-state index is 13.4. The molecule has 11 nitrogen and oxygen atoms in total. The zero-order valence-electron chi connectivity index (χ0n) is 31.2.